The van der Waals surface area contributed by atoms with Gasteiger partial charge in [-0.2, -0.15) is 4.98 Å². The highest BCUT2D eigenvalue weighted by Gasteiger charge is 2.54. The topological polar surface area (TPSA) is 109 Å². The van der Waals surface area contributed by atoms with Gasteiger partial charge < -0.3 is 24.5 Å². The Balaban J connectivity index is 1.37. The third-order valence-electron chi connectivity index (χ3n) is 8.35. The van der Waals surface area contributed by atoms with Crippen molar-refractivity contribution in [1.29, 1.82) is 0 Å². The van der Waals surface area contributed by atoms with Crippen molar-refractivity contribution >= 4 is 22.9 Å². The van der Waals surface area contributed by atoms with Gasteiger partial charge in [0.25, 0.3) is 11.9 Å². The lowest BCUT2D eigenvalue weighted by Crippen LogP contribution is -2.63. The molecule has 216 valence electrons. The number of nitrogens with zero attached hydrogens (tertiary/aromatic N) is 4. The second-order valence-electron chi connectivity index (χ2n) is 11.1. The van der Waals surface area contributed by atoms with Crippen LogP contribution in [0.1, 0.15) is 61.8 Å². The molecule has 2 aromatic heterocycles. The van der Waals surface area contributed by atoms with Crippen molar-refractivity contribution in [2.24, 2.45) is 5.92 Å². The first-order chi connectivity index (χ1) is 19.0. The van der Waals surface area contributed by atoms with E-state index in [2.05, 4.69) is 25.4 Å². The molecule has 3 aromatic rings. The molecule has 2 aliphatic heterocycles. The van der Waals surface area contributed by atoms with E-state index < -0.39 is 48.1 Å². The minimum atomic E-state index is -2.95. The Labute approximate surface area is 225 Å². The number of likely N-dealkylation sites (tertiary alicyclic amines) is 1. The maximum absolute atomic E-state index is 16.2. The third-order valence-corrected chi connectivity index (χ3v) is 8.35. The summed E-state index contributed by atoms with van der Waals surface area (Å²) in [6, 6.07) is 2.45. The SMILES string of the molecule is Cc1nc(N[C@H](c2nc3c(F)c(C4(C(=O)N5CC(F)(F)C5)CCOCC4)ccc3[nH]2)C2CCC(F)(F)CC2)no1. The maximum Gasteiger partial charge on any atom is 0.282 e. The molecule has 1 atom stereocenters. The zero-order valence-electron chi connectivity index (χ0n) is 21.8. The molecule has 14 heteroatoms. The molecular formula is C26H29F5N6O3. The quantitative estimate of drug-likeness (QED) is 0.407. The number of benzene rings is 1. The van der Waals surface area contributed by atoms with E-state index in [9.17, 15) is 22.4 Å². The van der Waals surface area contributed by atoms with Crippen LogP contribution in [0.5, 0.6) is 0 Å². The summed E-state index contributed by atoms with van der Waals surface area (Å²) in [7, 11) is 0. The number of carbonyl (C=O) groups excluding carboxylic acids is 1. The van der Waals surface area contributed by atoms with Crippen molar-refractivity contribution in [1.82, 2.24) is 25.0 Å². The summed E-state index contributed by atoms with van der Waals surface area (Å²) >= 11 is 0. The highest BCUT2D eigenvalue weighted by atomic mass is 19.3. The number of aryl methyl sites for hydroxylation is 1. The number of rotatable bonds is 6. The van der Waals surface area contributed by atoms with Gasteiger partial charge >= 0.3 is 0 Å². The number of aromatic nitrogens is 4. The van der Waals surface area contributed by atoms with Crippen LogP contribution in [0.3, 0.4) is 0 Å². The van der Waals surface area contributed by atoms with Crippen molar-refractivity contribution in [3.63, 3.8) is 0 Å². The standard InChI is InChI=1S/C26H29F5N6O3/c1-14-32-23(36-40-14)35-19(15-4-6-25(28,29)7-5-15)21-33-17-3-2-16(18(27)20(17)34-21)24(8-10-39-11-9-24)22(38)37-12-26(30,31)13-37/h2-3,15,19H,4-13H2,1H3,(H,33,34)(H,35,36)/t19-/m0/s1. The van der Waals surface area contributed by atoms with Crippen LogP contribution in [0.25, 0.3) is 11.0 Å². The lowest BCUT2D eigenvalue weighted by molar-refractivity contribution is -0.174. The van der Waals surface area contributed by atoms with Gasteiger partial charge in [-0.25, -0.2) is 26.9 Å². The number of ether oxygens (including phenoxy) is 1. The van der Waals surface area contributed by atoms with Crippen LogP contribution in [0.15, 0.2) is 16.7 Å². The van der Waals surface area contributed by atoms with E-state index in [1.54, 1.807) is 13.0 Å². The Morgan fingerprint density at radius 1 is 1.07 bits per heavy atom. The average Bonchev–Trinajstić information content (AvgIpc) is 3.52. The Morgan fingerprint density at radius 3 is 2.40 bits per heavy atom. The minimum absolute atomic E-state index is 0.0302. The summed E-state index contributed by atoms with van der Waals surface area (Å²) < 4.78 is 81.8. The molecular weight excluding hydrogens is 539 g/mol. The molecule has 0 radical (unpaired) electrons. The molecule has 40 heavy (non-hydrogen) atoms. The Bertz CT molecular complexity index is 1400. The van der Waals surface area contributed by atoms with Gasteiger partial charge in [0, 0.05) is 38.5 Å². The second-order valence-corrected chi connectivity index (χ2v) is 11.1. The number of anilines is 1. The number of aromatic amines is 1. The number of hydrogen-bond acceptors (Lipinski definition) is 7. The lowest BCUT2D eigenvalue weighted by Gasteiger charge is -2.46. The van der Waals surface area contributed by atoms with Crippen molar-refractivity contribution < 1.29 is 36.0 Å². The van der Waals surface area contributed by atoms with Gasteiger partial charge in [0.1, 0.15) is 11.3 Å². The van der Waals surface area contributed by atoms with Gasteiger partial charge in [0.15, 0.2) is 5.82 Å². The van der Waals surface area contributed by atoms with Crippen molar-refractivity contribution in [2.45, 2.75) is 68.8 Å². The summed E-state index contributed by atoms with van der Waals surface area (Å²) in [6.07, 6.45) is 0.107. The number of carbonyl (C=O) groups is 1. The molecule has 4 heterocycles. The second kappa shape index (κ2) is 9.67. The van der Waals surface area contributed by atoms with Crippen LogP contribution in [0.4, 0.5) is 27.9 Å². The number of halogens is 5. The highest BCUT2D eigenvalue weighted by molar-refractivity contribution is 5.91. The smallest absolute Gasteiger partial charge is 0.282 e. The first-order valence-corrected chi connectivity index (χ1v) is 13.3. The normalized spacial score (nSPS) is 23.1. The monoisotopic (exact) mass is 568 g/mol. The number of alkyl halides is 4. The summed E-state index contributed by atoms with van der Waals surface area (Å²) in [5.41, 5.74) is -0.964. The first-order valence-electron chi connectivity index (χ1n) is 13.3. The fraction of sp³-hybridized carbons (Fsp3) is 0.615. The van der Waals surface area contributed by atoms with Crippen LogP contribution in [-0.2, 0) is 14.9 Å². The van der Waals surface area contributed by atoms with Crippen molar-refractivity contribution in [2.75, 3.05) is 31.6 Å². The molecule has 0 spiro atoms. The molecule has 0 bridgehead atoms. The van der Waals surface area contributed by atoms with E-state index in [0.717, 1.165) is 4.90 Å². The maximum atomic E-state index is 16.2. The number of nitrogens with one attached hydrogen (secondary N) is 2. The minimum Gasteiger partial charge on any atom is -0.381 e. The lowest BCUT2D eigenvalue weighted by atomic mass is 9.72. The predicted octanol–water partition coefficient (Wildman–Crippen LogP) is 4.90. The van der Waals surface area contributed by atoms with Gasteiger partial charge in [-0.15, -0.1) is 0 Å². The fourth-order valence-corrected chi connectivity index (χ4v) is 6.16. The first kappa shape index (κ1) is 26.9. The third kappa shape index (κ3) is 4.79. The van der Waals surface area contributed by atoms with E-state index in [0.29, 0.717) is 17.2 Å². The molecule has 2 N–H and O–H groups in total. The van der Waals surface area contributed by atoms with E-state index in [1.165, 1.54) is 6.07 Å². The van der Waals surface area contributed by atoms with Gasteiger partial charge in [-0.1, -0.05) is 6.07 Å². The highest BCUT2D eigenvalue weighted by Crippen LogP contribution is 2.44. The molecule has 6 rings (SSSR count). The van der Waals surface area contributed by atoms with E-state index >= 15 is 4.39 Å². The Hall–Kier alpha value is -3.29. The zero-order valence-corrected chi connectivity index (χ0v) is 21.8. The van der Waals surface area contributed by atoms with Crippen LogP contribution < -0.4 is 5.32 Å². The molecule has 1 saturated carbocycles. The molecule has 3 aliphatic rings. The van der Waals surface area contributed by atoms with Crippen LogP contribution in [0, 0.1) is 18.7 Å². The Morgan fingerprint density at radius 2 is 1.77 bits per heavy atom. The molecule has 1 aromatic carbocycles. The summed E-state index contributed by atoms with van der Waals surface area (Å²) in [4.78, 5) is 26.4. The number of imidazole rings is 1. The molecule has 0 unspecified atom stereocenters. The molecule has 9 nitrogen and oxygen atoms in total. The van der Waals surface area contributed by atoms with Crippen LogP contribution in [-0.4, -0.2) is 69.1 Å². The van der Waals surface area contributed by atoms with Crippen molar-refractivity contribution in [3.8, 4) is 0 Å². The average molecular weight is 569 g/mol. The van der Waals surface area contributed by atoms with Crippen LogP contribution >= 0.6 is 0 Å². The molecule has 1 amide bonds. The fourth-order valence-electron chi connectivity index (χ4n) is 6.16. The molecule has 2 saturated heterocycles. The van der Waals surface area contributed by atoms with E-state index in [-0.39, 0.29) is 74.7 Å². The zero-order chi connectivity index (χ0) is 28.3. The summed E-state index contributed by atoms with van der Waals surface area (Å²) in [5, 5.41) is 6.96. The van der Waals surface area contributed by atoms with E-state index in [1.807, 2.05) is 0 Å². The van der Waals surface area contributed by atoms with Gasteiger partial charge in [0.2, 0.25) is 17.7 Å². The van der Waals surface area contributed by atoms with Gasteiger partial charge in [-0.3, -0.25) is 4.79 Å². The van der Waals surface area contributed by atoms with Crippen molar-refractivity contribution in [3.05, 3.63) is 35.2 Å². The number of hydrogen-bond donors (Lipinski definition) is 2. The number of amides is 1. The summed E-state index contributed by atoms with van der Waals surface area (Å²) in [6.45, 7) is 0.576. The van der Waals surface area contributed by atoms with Crippen LogP contribution in [0.2, 0.25) is 0 Å². The Kier molecular flexibility index (Phi) is 6.50. The predicted molar refractivity (Wildman–Crippen MR) is 132 cm³/mol. The van der Waals surface area contributed by atoms with Gasteiger partial charge in [-0.05, 0) is 42.8 Å². The summed E-state index contributed by atoms with van der Waals surface area (Å²) in [5.74, 6) is -6.50. The molecule has 3 fully saturated rings. The largest absolute Gasteiger partial charge is 0.381 e. The number of fused-ring (bicyclic) bond motifs is 1. The number of H-pyrrole nitrogens is 1. The van der Waals surface area contributed by atoms with E-state index in [4.69, 9.17) is 9.26 Å². The van der Waals surface area contributed by atoms with Gasteiger partial charge in [0.05, 0.1) is 30.1 Å². The molecule has 1 aliphatic carbocycles.